The molecule has 2 aromatic carbocycles. The van der Waals surface area contributed by atoms with Crippen molar-refractivity contribution in [3.05, 3.63) is 66.0 Å². The van der Waals surface area contributed by atoms with E-state index in [0.717, 1.165) is 5.56 Å². The Morgan fingerprint density at radius 1 is 1.17 bits per heavy atom. The van der Waals surface area contributed by atoms with E-state index in [4.69, 9.17) is 4.74 Å². The molecular weight excluding hydrogens is 297 g/mol. The first-order valence-electron chi connectivity index (χ1n) is 7.54. The van der Waals surface area contributed by atoms with Gasteiger partial charge in [-0.05, 0) is 36.2 Å². The molecule has 1 aliphatic rings. The first-order valence-corrected chi connectivity index (χ1v) is 7.54. The molecule has 0 spiro atoms. The van der Waals surface area contributed by atoms with E-state index < -0.39 is 6.10 Å². The van der Waals surface area contributed by atoms with Crippen LogP contribution >= 0.6 is 0 Å². The first kappa shape index (κ1) is 15.5. The molecule has 1 fully saturated rings. The highest BCUT2D eigenvalue weighted by atomic mass is 19.1. The fourth-order valence-electron chi connectivity index (χ4n) is 2.84. The Morgan fingerprint density at radius 3 is 2.57 bits per heavy atom. The van der Waals surface area contributed by atoms with Crippen LogP contribution in [0.2, 0.25) is 0 Å². The number of likely N-dealkylation sites (tertiary alicyclic amines) is 1. The lowest BCUT2D eigenvalue weighted by Crippen LogP contribution is -2.35. The second-order valence-electron chi connectivity index (χ2n) is 5.60. The van der Waals surface area contributed by atoms with E-state index in [1.54, 1.807) is 29.2 Å². The van der Waals surface area contributed by atoms with E-state index in [0.29, 0.717) is 12.2 Å². The number of amides is 1. The molecule has 0 unspecified atom stereocenters. The fraction of sp³-hybridized carbons (Fsp3) is 0.278. The van der Waals surface area contributed by atoms with Crippen LogP contribution in [0.5, 0.6) is 5.75 Å². The van der Waals surface area contributed by atoms with Crippen molar-refractivity contribution in [3.8, 4) is 5.75 Å². The first-order chi connectivity index (χ1) is 11.1. The lowest BCUT2D eigenvalue weighted by Gasteiger charge is -2.24. The van der Waals surface area contributed by atoms with Gasteiger partial charge in [-0.1, -0.05) is 30.3 Å². The lowest BCUT2D eigenvalue weighted by atomic mass is 10.0. The van der Waals surface area contributed by atoms with Gasteiger partial charge in [0.15, 0.2) is 6.61 Å². The Kier molecular flexibility index (Phi) is 4.57. The average Bonchev–Trinajstić information content (AvgIpc) is 2.96. The number of hydrogen-bond donors (Lipinski definition) is 1. The van der Waals surface area contributed by atoms with Gasteiger partial charge < -0.3 is 14.7 Å². The summed E-state index contributed by atoms with van der Waals surface area (Å²) in [6, 6.07) is 14.9. The minimum Gasteiger partial charge on any atom is -0.484 e. The maximum atomic E-state index is 13.1. The van der Waals surface area contributed by atoms with Crippen LogP contribution in [0.15, 0.2) is 54.6 Å². The van der Waals surface area contributed by atoms with Crippen LogP contribution < -0.4 is 4.74 Å². The smallest absolute Gasteiger partial charge is 0.261 e. The number of nitrogens with zero attached hydrogens (tertiary/aromatic N) is 1. The maximum Gasteiger partial charge on any atom is 0.261 e. The molecule has 23 heavy (non-hydrogen) atoms. The second kappa shape index (κ2) is 6.79. The molecule has 3 rings (SSSR count). The molecule has 1 aliphatic heterocycles. The zero-order valence-corrected chi connectivity index (χ0v) is 12.6. The van der Waals surface area contributed by atoms with Gasteiger partial charge >= 0.3 is 0 Å². The summed E-state index contributed by atoms with van der Waals surface area (Å²) < 4.78 is 18.6. The zero-order chi connectivity index (χ0) is 16.2. The Morgan fingerprint density at radius 2 is 1.87 bits per heavy atom. The highest BCUT2D eigenvalue weighted by Gasteiger charge is 2.35. The molecule has 1 amide bonds. The molecular formula is C18H18FNO3. The third-order valence-electron chi connectivity index (χ3n) is 3.96. The maximum absolute atomic E-state index is 13.1. The van der Waals surface area contributed by atoms with Gasteiger partial charge in [0.2, 0.25) is 0 Å². The number of carbonyl (C=O) groups excluding carboxylic acids is 1. The van der Waals surface area contributed by atoms with E-state index in [9.17, 15) is 14.3 Å². The highest BCUT2D eigenvalue weighted by molar-refractivity contribution is 5.78. The van der Waals surface area contributed by atoms with Gasteiger partial charge in [-0.15, -0.1) is 0 Å². The van der Waals surface area contributed by atoms with Gasteiger partial charge in [0.05, 0.1) is 12.1 Å². The largest absolute Gasteiger partial charge is 0.484 e. The predicted molar refractivity (Wildman–Crippen MR) is 83.4 cm³/mol. The quantitative estimate of drug-likeness (QED) is 0.943. The highest BCUT2D eigenvalue weighted by Crippen LogP contribution is 2.32. The van der Waals surface area contributed by atoms with Crippen molar-refractivity contribution >= 4 is 5.91 Å². The number of hydrogen-bond acceptors (Lipinski definition) is 3. The second-order valence-corrected chi connectivity index (χ2v) is 5.60. The van der Waals surface area contributed by atoms with Crippen LogP contribution in [0.25, 0.3) is 0 Å². The van der Waals surface area contributed by atoms with Gasteiger partial charge in [-0.3, -0.25) is 4.79 Å². The molecule has 2 atom stereocenters. The summed E-state index contributed by atoms with van der Waals surface area (Å²) in [5.41, 5.74) is 0.816. The number of aliphatic hydroxyl groups excluding tert-OH is 1. The van der Waals surface area contributed by atoms with Crippen molar-refractivity contribution < 1.29 is 19.0 Å². The monoisotopic (exact) mass is 315 g/mol. The number of halogens is 1. The molecule has 0 radical (unpaired) electrons. The van der Waals surface area contributed by atoms with Crippen molar-refractivity contribution in [1.82, 2.24) is 4.90 Å². The zero-order valence-electron chi connectivity index (χ0n) is 12.6. The number of β-amino-alcohol motifs (C(OH)–C–C–N with tert-alkyl or cyclic N) is 1. The van der Waals surface area contributed by atoms with E-state index in [2.05, 4.69) is 0 Å². The molecule has 1 N–H and O–H groups in total. The van der Waals surface area contributed by atoms with Crippen LogP contribution in [0.4, 0.5) is 4.39 Å². The molecule has 2 aromatic rings. The Labute approximate surface area is 134 Å². The van der Waals surface area contributed by atoms with Crippen LogP contribution in [0.3, 0.4) is 0 Å². The van der Waals surface area contributed by atoms with Crippen molar-refractivity contribution in [2.45, 2.75) is 18.6 Å². The van der Waals surface area contributed by atoms with Gasteiger partial charge in [-0.2, -0.15) is 0 Å². The molecule has 4 nitrogen and oxygen atoms in total. The lowest BCUT2D eigenvalue weighted by molar-refractivity contribution is -0.134. The van der Waals surface area contributed by atoms with Crippen LogP contribution in [0, 0.1) is 5.82 Å². The van der Waals surface area contributed by atoms with Gasteiger partial charge in [-0.25, -0.2) is 4.39 Å². The SMILES string of the molecule is O=C(COc1ccccc1)N1C[C@@H](O)C[C@@H]1c1ccc(F)cc1. The molecule has 120 valence electrons. The molecule has 5 heteroatoms. The van der Waals surface area contributed by atoms with E-state index in [-0.39, 0.29) is 30.9 Å². The number of aliphatic hydroxyl groups is 1. The Bertz CT molecular complexity index is 660. The number of ether oxygens (including phenoxy) is 1. The van der Waals surface area contributed by atoms with Crippen LogP contribution in [0.1, 0.15) is 18.0 Å². The predicted octanol–water partition coefficient (Wildman–Crippen LogP) is 2.54. The van der Waals surface area contributed by atoms with Crippen molar-refractivity contribution in [2.24, 2.45) is 0 Å². The number of para-hydroxylation sites is 1. The third-order valence-corrected chi connectivity index (χ3v) is 3.96. The number of benzene rings is 2. The minimum atomic E-state index is -0.578. The average molecular weight is 315 g/mol. The topological polar surface area (TPSA) is 49.8 Å². The summed E-state index contributed by atoms with van der Waals surface area (Å²) in [4.78, 5) is 14.0. The minimum absolute atomic E-state index is 0.0889. The van der Waals surface area contributed by atoms with E-state index in [1.165, 1.54) is 12.1 Å². The van der Waals surface area contributed by atoms with E-state index >= 15 is 0 Å². The molecule has 1 saturated heterocycles. The fourth-order valence-corrected chi connectivity index (χ4v) is 2.84. The van der Waals surface area contributed by atoms with Crippen molar-refractivity contribution in [2.75, 3.05) is 13.2 Å². The van der Waals surface area contributed by atoms with Crippen LogP contribution in [-0.4, -0.2) is 35.2 Å². The van der Waals surface area contributed by atoms with Gasteiger partial charge in [0, 0.05) is 6.54 Å². The Balaban J connectivity index is 1.69. The molecule has 0 aromatic heterocycles. The summed E-state index contributed by atoms with van der Waals surface area (Å²) >= 11 is 0. The molecule has 1 heterocycles. The van der Waals surface area contributed by atoms with Gasteiger partial charge in [0.1, 0.15) is 11.6 Å². The van der Waals surface area contributed by atoms with E-state index in [1.807, 2.05) is 18.2 Å². The molecule has 0 bridgehead atoms. The van der Waals surface area contributed by atoms with Gasteiger partial charge in [0.25, 0.3) is 5.91 Å². The normalized spacial score (nSPS) is 20.5. The molecule has 0 saturated carbocycles. The summed E-state index contributed by atoms with van der Waals surface area (Å²) in [6.07, 6.45) is -0.131. The third kappa shape index (κ3) is 3.68. The summed E-state index contributed by atoms with van der Waals surface area (Å²) in [5.74, 6) is 0.108. The van der Waals surface area contributed by atoms with Crippen LogP contribution in [-0.2, 0) is 4.79 Å². The van der Waals surface area contributed by atoms with Crippen molar-refractivity contribution in [1.29, 1.82) is 0 Å². The summed E-state index contributed by atoms with van der Waals surface area (Å²) in [5, 5.41) is 9.91. The summed E-state index contributed by atoms with van der Waals surface area (Å²) in [6.45, 7) is 0.174. The van der Waals surface area contributed by atoms with Crippen molar-refractivity contribution in [3.63, 3.8) is 0 Å². The number of carbonyl (C=O) groups is 1. The Hall–Kier alpha value is -2.40. The molecule has 0 aliphatic carbocycles. The standard InChI is InChI=1S/C18H18FNO3/c19-14-8-6-13(7-9-14)17-10-15(21)11-20(17)18(22)12-23-16-4-2-1-3-5-16/h1-9,15,17,21H,10-12H2/t15-,17+/m0/s1. The number of rotatable bonds is 4. The summed E-state index contributed by atoms with van der Waals surface area (Å²) in [7, 11) is 0.